The minimum Gasteiger partial charge on any atom is -0.355 e. The third kappa shape index (κ3) is 7.29. The number of hydrogen-bond acceptors (Lipinski definition) is 2. The number of benzene rings is 1. The zero-order valence-corrected chi connectivity index (χ0v) is 16.0. The van der Waals surface area contributed by atoms with Gasteiger partial charge in [-0.25, -0.2) is 4.39 Å². The first kappa shape index (κ1) is 20.4. The zero-order chi connectivity index (χ0) is 16.5. The Kier molecular flexibility index (Phi) is 9.36. The number of rotatable bonds is 6. The summed E-state index contributed by atoms with van der Waals surface area (Å²) in [6.45, 7) is 1.10. The number of nitrogens with zero attached hydrogens (tertiary/aromatic N) is 1. The lowest BCUT2D eigenvalue weighted by molar-refractivity contribution is -0.120. The van der Waals surface area contributed by atoms with Gasteiger partial charge < -0.3 is 16.0 Å². The zero-order valence-electron chi connectivity index (χ0n) is 13.7. The SMILES string of the molecule is CN=C(NCCNC(=O)Cc1ccc(F)cc1)NC1CC=CC1.I. The van der Waals surface area contributed by atoms with E-state index in [4.69, 9.17) is 0 Å². The summed E-state index contributed by atoms with van der Waals surface area (Å²) in [5.41, 5.74) is 0.795. The van der Waals surface area contributed by atoms with Crippen LogP contribution in [-0.2, 0) is 11.2 Å². The molecular formula is C17H24FIN4O. The van der Waals surface area contributed by atoms with Crippen LogP contribution in [0.1, 0.15) is 18.4 Å². The number of carbonyl (C=O) groups excluding carboxylic acids is 1. The Hall–Kier alpha value is -1.64. The lowest BCUT2D eigenvalue weighted by atomic mass is 10.1. The normalized spacial score (nSPS) is 14.2. The molecule has 2 rings (SSSR count). The summed E-state index contributed by atoms with van der Waals surface area (Å²) in [5, 5.41) is 9.33. The Balaban J connectivity index is 0.00000288. The maximum Gasteiger partial charge on any atom is 0.224 e. The number of amides is 1. The van der Waals surface area contributed by atoms with Crippen molar-refractivity contribution in [3.8, 4) is 0 Å². The molecule has 7 heteroatoms. The van der Waals surface area contributed by atoms with Crippen LogP contribution in [0, 0.1) is 5.82 Å². The minimum absolute atomic E-state index is 0. The van der Waals surface area contributed by atoms with Gasteiger partial charge in [-0.2, -0.15) is 0 Å². The van der Waals surface area contributed by atoms with Crippen LogP contribution in [0.3, 0.4) is 0 Å². The van der Waals surface area contributed by atoms with E-state index in [2.05, 4.69) is 33.1 Å². The number of guanidine groups is 1. The maximum atomic E-state index is 12.8. The lowest BCUT2D eigenvalue weighted by Gasteiger charge is -2.17. The average Bonchev–Trinajstić information content (AvgIpc) is 3.05. The van der Waals surface area contributed by atoms with Gasteiger partial charge in [-0.3, -0.25) is 9.79 Å². The molecule has 0 saturated heterocycles. The highest BCUT2D eigenvalue weighted by Gasteiger charge is 2.11. The first-order valence-corrected chi connectivity index (χ1v) is 7.80. The molecule has 24 heavy (non-hydrogen) atoms. The first-order chi connectivity index (χ1) is 11.2. The van der Waals surface area contributed by atoms with Crippen molar-refractivity contribution < 1.29 is 9.18 Å². The van der Waals surface area contributed by atoms with Crippen molar-refractivity contribution in [2.45, 2.75) is 25.3 Å². The lowest BCUT2D eigenvalue weighted by Crippen LogP contribution is -2.45. The standard InChI is InChI=1S/C17H23FN4O.HI/c1-19-17(22-15-4-2-3-5-15)21-11-10-20-16(23)12-13-6-8-14(18)9-7-13;/h2-3,6-9,15H,4-5,10-12H2,1H3,(H,20,23)(H2,19,21,22);1H. The molecule has 0 heterocycles. The van der Waals surface area contributed by atoms with Gasteiger partial charge in [0.15, 0.2) is 5.96 Å². The van der Waals surface area contributed by atoms with E-state index in [-0.39, 0.29) is 42.1 Å². The van der Waals surface area contributed by atoms with Crippen molar-refractivity contribution in [1.82, 2.24) is 16.0 Å². The second kappa shape index (κ2) is 11.0. The van der Waals surface area contributed by atoms with E-state index in [1.807, 2.05) is 0 Å². The van der Waals surface area contributed by atoms with Crippen molar-refractivity contribution in [1.29, 1.82) is 0 Å². The predicted molar refractivity (Wildman–Crippen MR) is 105 cm³/mol. The van der Waals surface area contributed by atoms with Crippen molar-refractivity contribution >= 4 is 35.8 Å². The van der Waals surface area contributed by atoms with Crippen molar-refractivity contribution in [2.24, 2.45) is 4.99 Å². The summed E-state index contributed by atoms with van der Waals surface area (Å²) in [6, 6.07) is 6.35. The largest absolute Gasteiger partial charge is 0.355 e. The van der Waals surface area contributed by atoms with Gasteiger partial charge in [0.25, 0.3) is 0 Å². The summed E-state index contributed by atoms with van der Waals surface area (Å²) in [7, 11) is 1.73. The quantitative estimate of drug-likeness (QED) is 0.206. The summed E-state index contributed by atoms with van der Waals surface area (Å²) in [5.74, 6) is 0.363. The molecule has 5 nitrogen and oxygen atoms in total. The van der Waals surface area contributed by atoms with E-state index in [0.29, 0.717) is 19.1 Å². The molecule has 0 saturated carbocycles. The Morgan fingerprint density at radius 1 is 1.17 bits per heavy atom. The monoisotopic (exact) mass is 446 g/mol. The fraction of sp³-hybridized carbons (Fsp3) is 0.412. The Morgan fingerprint density at radius 2 is 1.79 bits per heavy atom. The molecule has 1 aromatic carbocycles. The molecule has 0 atom stereocenters. The molecule has 0 spiro atoms. The van der Waals surface area contributed by atoms with Gasteiger partial charge in [0.1, 0.15) is 5.82 Å². The topological polar surface area (TPSA) is 65.5 Å². The van der Waals surface area contributed by atoms with Crippen molar-refractivity contribution in [3.63, 3.8) is 0 Å². The predicted octanol–water partition coefficient (Wildman–Crippen LogP) is 1.99. The van der Waals surface area contributed by atoms with Crippen LogP contribution >= 0.6 is 24.0 Å². The van der Waals surface area contributed by atoms with Crippen LogP contribution in [0.2, 0.25) is 0 Å². The highest BCUT2D eigenvalue weighted by atomic mass is 127. The number of nitrogens with one attached hydrogen (secondary N) is 3. The van der Waals surface area contributed by atoms with Crippen LogP contribution in [0.25, 0.3) is 0 Å². The molecule has 0 fully saturated rings. The van der Waals surface area contributed by atoms with Gasteiger partial charge in [0.2, 0.25) is 5.91 Å². The van der Waals surface area contributed by atoms with Gasteiger partial charge in [-0.15, -0.1) is 24.0 Å². The molecular weight excluding hydrogens is 422 g/mol. The second-order valence-electron chi connectivity index (χ2n) is 5.44. The first-order valence-electron chi connectivity index (χ1n) is 7.80. The summed E-state index contributed by atoms with van der Waals surface area (Å²) < 4.78 is 12.8. The minimum atomic E-state index is -0.297. The molecule has 132 valence electrons. The molecule has 0 aliphatic heterocycles. The highest BCUT2D eigenvalue weighted by Crippen LogP contribution is 2.08. The number of hydrogen-bond donors (Lipinski definition) is 3. The molecule has 1 aliphatic carbocycles. The second-order valence-corrected chi connectivity index (χ2v) is 5.44. The smallest absolute Gasteiger partial charge is 0.224 e. The van der Waals surface area contributed by atoms with Crippen molar-refractivity contribution in [3.05, 3.63) is 47.8 Å². The van der Waals surface area contributed by atoms with E-state index in [9.17, 15) is 9.18 Å². The van der Waals surface area contributed by atoms with E-state index < -0.39 is 0 Å². The molecule has 0 radical (unpaired) electrons. The summed E-state index contributed by atoms with van der Waals surface area (Å²) in [6.07, 6.45) is 6.58. The maximum absolute atomic E-state index is 12.8. The Bertz CT molecular complexity index is 566. The fourth-order valence-electron chi connectivity index (χ4n) is 2.36. The van der Waals surface area contributed by atoms with Crippen LogP contribution < -0.4 is 16.0 Å². The number of aliphatic imine (C=N–C) groups is 1. The average molecular weight is 446 g/mol. The molecule has 1 amide bonds. The van der Waals surface area contributed by atoms with E-state index in [1.54, 1.807) is 19.2 Å². The molecule has 0 aromatic heterocycles. The molecule has 1 aliphatic rings. The third-order valence-electron chi connectivity index (χ3n) is 3.59. The van der Waals surface area contributed by atoms with E-state index in [0.717, 1.165) is 24.4 Å². The molecule has 0 bridgehead atoms. The molecule has 1 aromatic rings. The number of carbonyl (C=O) groups is 1. The van der Waals surface area contributed by atoms with E-state index >= 15 is 0 Å². The summed E-state index contributed by atoms with van der Waals surface area (Å²) in [4.78, 5) is 16.0. The van der Waals surface area contributed by atoms with Gasteiger partial charge in [0, 0.05) is 26.2 Å². The van der Waals surface area contributed by atoms with Crippen LogP contribution in [-0.4, -0.2) is 38.0 Å². The Labute approximate surface area is 159 Å². The van der Waals surface area contributed by atoms with Crippen LogP contribution in [0.4, 0.5) is 4.39 Å². The Morgan fingerprint density at radius 3 is 2.42 bits per heavy atom. The fourth-order valence-corrected chi connectivity index (χ4v) is 2.36. The van der Waals surface area contributed by atoms with Crippen molar-refractivity contribution in [2.75, 3.05) is 20.1 Å². The van der Waals surface area contributed by atoms with E-state index in [1.165, 1.54) is 12.1 Å². The van der Waals surface area contributed by atoms with Gasteiger partial charge >= 0.3 is 0 Å². The molecule has 3 N–H and O–H groups in total. The van der Waals surface area contributed by atoms with Gasteiger partial charge in [0.05, 0.1) is 6.42 Å². The van der Waals surface area contributed by atoms with Gasteiger partial charge in [-0.05, 0) is 30.5 Å². The van der Waals surface area contributed by atoms with Gasteiger partial charge in [-0.1, -0.05) is 24.3 Å². The summed E-state index contributed by atoms with van der Waals surface area (Å²) >= 11 is 0. The molecule has 0 unspecified atom stereocenters. The third-order valence-corrected chi connectivity index (χ3v) is 3.59. The number of halogens is 2. The van der Waals surface area contributed by atoms with Crippen LogP contribution in [0.15, 0.2) is 41.4 Å². The van der Waals surface area contributed by atoms with Crippen LogP contribution in [0.5, 0.6) is 0 Å². The highest BCUT2D eigenvalue weighted by molar-refractivity contribution is 14.0.